The Morgan fingerprint density at radius 2 is 2.00 bits per heavy atom. The first-order valence-electron chi connectivity index (χ1n) is 6.22. The van der Waals surface area contributed by atoms with Crippen molar-refractivity contribution in [1.29, 1.82) is 0 Å². The van der Waals surface area contributed by atoms with Crippen molar-refractivity contribution in [3.63, 3.8) is 0 Å². The lowest BCUT2D eigenvalue weighted by Crippen LogP contribution is -1.98. The second kappa shape index (κ2) is 4.72. The minimum Gasteiger partial charge on any atom is -0.485 e. The second-order valence-corrected chi connectivity index (χ2v) is 4.52. The topological polar surface area (TPSA) is 50.8 Å². The number of aromatic amines is 1. The van der Waals surface area contributed by atoms with Crippen LogP contribution in [0.3, 0.4) is 0 Å². The number of hydrogen-bond donors (Lipinski definition) is 1. The van der Waals surface area contributed by atoms with E-state index in [0.717, 1.165) is 28.2 Å². The summed E-state index contributed by atoms with van der Waals surface area (Å²) < 4.78 is 5.84. The molecule has 4 nitrogen and oxygen atoms in total. The molecule has 4 heteroatoms. The van der Waals surface area contributed by atoms with Gasteiger partial charge in [0.2, 0.25) is 0 Å². The molecule has 0 bridgehead atoms. The minimum absolute atomic E-state index is 0.455. The maximum absolute atomic E-state index is 5.84. The summed E-state index contributed by atoms with van der Waals surface area (Å²) in [4.78, 5) is 12.0. The number of hydrogen-bond acceptors (Lipinski definition) is 3. The summed E-state index contributed by atoms with van der Waals surface area (Å²) in [6, 6.07) is 7.67. The molecule has 0 unspecified atom stereocenters. The van der Waals surface area contributed by atoms with Gasteiger partial charge in [0.05, 0.1) is 11.2 Å². The Kier molecular flexibility index (Phi) is 2.91. The summed E-state index contributed by atoms with van der Waals surface area (Å²) in [5, 5.41) is 0. The highest BCUT2D eigenvalue weighted by Gasteiger charge is 2.10. The first-order valence-corrected chi connectivity index (χ1v) is 6.22. The molecule has 0 aliphatic carbocycles. The number of H-pyrrole nitrogens is 1. The maximum atomic E-state index is 5.84. The van der Waals surface area contributed by atoms with E-state index in [2.05, 4.69) is 21.9 Å². The fourth-order valence-corrected chi connectivity index (χ4v) is 2.06. The van der Waals surface area contributed by atoms with E-state index < -0.39 is 0 Å². The number of pyridine rings is 2. The van der Waals surface area contributed by atoms with Gasteiger partial charge in [-0.25, -0.2) is 0 Å². The lowest BCUT2D eigenvalue weighted by Gasteiger charge is -2.06. The zero-order chi connectivity index (χ0) is 13.2. The molecule has 0 aromatic carbocycles. The Morgan fingerprint density at radius 1 is 1.11 bits per heavy atom. The van der Waals surface area contributed by atoms with E-state index in [1.165, 1.54) is 5.56 Å². The van der Waals surface area contributed by atoms with Crippen molar-refractivity contribution in [2.75, 3.05) is 0 Å². The van der Waals surface area contributed by atoms with E-state index in [1.54, 1.807) is 12.4 Å². The molecule has 1 N–H and O–H groups in total. The van der Waals surface area contributed by atoms with Gasteiger partial charge in [-0.05, 0) is 31.5 Å². The Balaban J connectivity index is 1.91. The monoisotopic (exact) mass is 253 g/mol. The first-order chi connectivity index (χ1) is 9.25. The highest BCUT2D eigenvalue weighted by Crippen LogP contribution is 2.27. The SMILES string of the molecule is Cc1[nH]c2c(OCc3ccccn3)ccnc2c1C. The third-order valence-electron chi connectivity index (χ3n) is 3.24. The van der Waals surface area contributed by atoms with Crippen molar-refractivity contribution in [2.45, 2.75) is 20.5 Å². The average Bonchev–Trinajstić information content (AvgIpc) is 2.74. The number of aromatic nitrogens is 3. The van der Waals surface area contributed by atoms with Crippen LogP contribution < -0.4 is 4.74 Å². The molecule has 96 valence electrons. The molecule has 0 amide bonds. The van der Waals surface area contributed by atoms with Crippen LogP contribution in [0, 0.1) is 13.8 Å². The van der Waals surface area contributed by atoms with E-state index in [9.17, 15) is 0 Å². The van der Waals surface area contributed by atoms with Crippen LogP contribution in [-0.4, -0.2) is 15.0 Å². The van der Waals surface area contributed by atoms with Crippen molar-refractivity contribution in [1.82, 2.24) is 15.0 Å². The molecule has 3 aromatic rings. The van der Waals surface area contributed by atoms with Crippen LogP contribution in [0.4, 0.5) is 0 Å². The number of rotatable bonds is 3. The smallest absolute Gasteiger partial charge is 0.147 e. The summed E-state index contributed by atoms with van der Waals surface area (Å²) in [6.45, 7) is 4.56. The number of fused-ring (bicyclic) bond motifs is 1. The van der Waals surface area contributed by atoms with Crippen LogP contribution in [0.15, 0.2) is 36.7 Å². The molecule has 19 heavy (non-hydrogen) atoms. The Morgan fingerprint density at radius 3 is 2.79 bits per heavy atom. The number of nitrogens with zero attached hydrogens (tertiary/aromatic N) is 2. The molecule has 3 heterocycles. The molecular weight excluding hydrogens is 238 g/mol. The third kappa shape index (κ3) is 2.17. The fraction of sp³-hybridized carbons (Fsp3) is 0.200. The average molecular weight is 253 g/mol. The van der Waals surface area contributed by atoms with Crippen molar-refractivity contribution in [2.24, 2.45) is 0 Å². The fourth-order valence-electron chi connectivity index (χ4n) is 2.06. The van der Waals surface area contributed by atoms with E-state index in [0.29, 0.717) is 6.61 Å². The van der Waals surface area contributed by atoms with Crippen molar-refractivity contribution in [3.8, 4) is 5.75 Å². The predicted octanol–water partition coefficient (Wildman–Crippen LogP) is 3.15. The van der Waals surface area contributed by atoms with Gasteiger partial charge in [0.25, 0.3) is 0 Å². The van der Waals surface area contributed by atoms with Crippen LogP contribution in [0.2, 0.25) is 0 Å². The van der Waals surface area contributed by atoms with Gasteiger partial charge in [-0.1, -0.05) is 6.07 Å². The first kappa shape index (κ1) is 11.7. The van der Waals surface area contributed by atoms with E-state index in [-0.39, 0.29) is 0 Å². The molecule has 0 saturated carbocycles. The van der Waals surface area contributed by atoms with Gasteiger partial charge in [0.15, 0.2) is 0 Å². The predicted molar refractivity (Wildman–Crippen MR) is 74.1 cm³/mol. The summed E-state index contributed by atoms with van der Waals surface area (Å²) in [5.41, 5.74) is 5.12. The van der Waals surface area contributed by atoms with Crippen LogP contribution >= 0.6 is 0 Å². The molecule has 0 fully saturated rings. The molecule has 0 spiro atoms. The standard InChI is InChI=1S/C15H15N3O/c1-10-11(2)18-15-13(6-8-17-14(10)15)19-9-12-5-3-4-7-16-12/h3-8,18H,9H2,1-2H3. The number of nitrogens with one attached hydrogen (secondary N) is 1. The summed E-state index contributed by atoms with van der Waals surface area (Å²) in [5.74, 6) is 0.812. The molecule has 3 aromatic heterocycles. The zero-order valence-corrected chi connectivity index (χ0v) is 11.0. The van der Waals surface area contributed by atoms with Crippen molar-refractivity contribution in [3.05, 3.63) is 53.6 Å². The largest absolute Gasteiger partial charge is 0.485 e. The Labute approximate surface area is 111 Å². The lowest BCUT2D eigenvalue weighted by molar-refractivity contribution is 0.304. The Bertz CT molecular complexity index is 704. The van der Waals surface area contributed by atoms with Crippen LogP contribution in [0.25, 0.3) is 11.0 Å². The van der Waals surface area contributed by atoms with Gasteiger partial charge in [-0.15, -0.1) is 0 Å². The third-order valence-corrected chi connectivity index (χ3v) is 3.24. The summed E-state index contributed by atoms with van der Waals surface area (Å²) in [6.07, 6.45) is 3.54. The molecule has 0 aliphatic rings. The summed E-state index contributed by atoms with van der Waals surface area (Å²) >= 11 is 0. The highest BCUT2D eigenvalue weighted by molar-refractivity contribution is 5.85. The van der Waals surface area contributed by atoms with Gasteiger partial charge < -0.3 is 9.72 Å². The quantitative estimate of drug-likeness (QED) is 0.780. The number of ether oxygens (including phenoxy) is 1. The van der Waals surface area contributed by atoms with Gasteiger partial charge in [-0.3, -0.25) is 9.97 Å². The van der Waals surface area contributed by atoms with Crippen LogP contribution in [-0.2, 0) is 6.61 Å². The maximum Gasteiger partial charge on any atom is 0.147 e. The van der Waals surface area contributed by atoms with Crippen LogP contribution in [0.1, 0.15) is 17.0 Å². The molecule has 3 rings (SSSR count). The second-order valence-electron chi connectivity index (χ2n) is 4.52. The van der Waals surface area contributed by atoms with Gasteiger partial charge >= 0.3 is 0 Å². The van der Waals surface area contributed by atoms with E-state index in [4.69, 9.17) is 4.74 Å². The normalized spacial score (nSPS) is 10.8. The molecule has 0 saturated heterocycles. The van der Waals surface area contributed by atoms with E-state index in [1.807, 2.05) is 31.2 Å². The van der Waals surface area contributed by atoms with Gasteiger partial charge in [-0.2, -0.15) is 0 Å². The number of aryl methyl sites for hydroxylation is 2. The molecule has 0 radical (unpaired) electrons. The lowest BCUT2D eigenvalue weighted by atomic mass is 10.2. The Hall–Kier alpha value is -2.36. The molecule has 0 atom stereocenters. The zero-order valence-electron chi connectivity index (χ0n) is 11.0. The van der Waals surface area contributed by atoms with Gasteiger partial charge in [0.1, 0.15) is 17.9 Å². The minimum atomic E-state index is 0.455. The van der Waals surface area contributed by atoms with Crippen LogP contribution in [0.5, 0.6) is 5.75 Å². The molecule has 0 aliphatic heterocycles. The highest BCUT2D eigenvalue weighted by atomic mass is 16.5. The molecular formula is C15H15N3O. The summed E-state index contributed by atoms with van der Waals surface area (Å²) in [7, 11) is 0. The van der Waals surface area contributed by atoms with E-state index >= 15 is 0 Å². The van der Waals surface area contributed by atoms with Crippen molar-refractivity contribution >= 4 is 11.0 Å². The van der Waals surface area contributed by atoms with Gasteiger partial charge in [0, 0.05) is 24.2 Å². The van der Waals surface area contributed by atoms with Crippen molar-refractivity contribution < 1.29 is 4.74 Å².